The molecule has 2 rings (SSSR count). The van der Waals surface area contributed by atoms with E-state index in [4.69, 9.17) is 5.26 Å². The van der Waals surface area contributed by atoms with Crippen LogP contribution in [0.2, 0.25) is 0 Å². The van der Waals surface area contributed by atoms with Crippen molar-refractivity contribution >= 4 is 11.3 Å². The number of benzene rings is 1. The van der Waals surface area contributed by atoms with Crippen LogP contribution in [0.15, 0.2) is 36.4 Å². The number of aliphatic hydroxyl groups is 1. The van der Waals surface area contributed by atoms with Gasteiger partial charge in [0.15, 0.2) is 0 Å². The van der Waals surface area contributed by atoms with Crippen molar-refractivity contribution < 1.29 is 5.11 Å². The minimum absolute atomic E-state index is 0.540. The van der Waals surface area contributed by atoms with Crippen molar-refractivity contribution in [3.8, 4) is 6.07 Å². The molecule has 18 heavy (non-hydrogen) atoms. The molecule has 0 saturated heterocycles. The second-order valence-electron chi connectivity index (χ2n) is 4.18. The average molecular weight is 257 g/mol. The van der Waals surface area contributed by atoms with Gasteiger partial charge in [-0.1, -0.05) is 19.1 Å². The summed E-state index contributed by atoms with van der Waals surface area (Å²) in [6.07, 6.45) is 1.10. The largest absolute Gasteiger partial charge is 0.388 e. The molecule has 0 saturated carbocycles. The third-order valence-corrected chi connectivity index (χ3v) is 4.11. The number of aryl methyl sites for hydroxylation is 1. The topological polar surface area (TPSA) is 44.0 Å². The number of thiophene rings is 1. The van der Waals surface area contributed by atoms with Crippen molar-refractivity contribution in [1.29, 1.82) is 5.26 Å². The van der Waals surface area contributed by atoms with Gasteiger partial charge in [-0.15, -0.1) is 11.3 Å². The highest BCUT2D eigenvalue weighted by atomic mass is 32.1. The molecule has 0 bridgehead atoms. The maximum Gasteiger partial charge on any atom is 0.0991 e. The highest BCUT2D eigenvalue weighted by molar-refractivity contribution is 7.11. The molecule has 0 radical (unpaired) electrons. The molecular weight excluding hydrogens is 242 g/mol. The molecule has 0 fully saturated rings. The van der Waals surface area contributed by atoms with Crippen LogP contribution in [-0.4, -0.2) is 5.11 Å². The lowest BCUT2D eigenvalue weighted by atomic mass is 10.0. The lowest BCUT2D eigenvalue weighted by Gasteiger charge is -2.09. The number of nitriles is 1. The highest BCUT2D eigenvalue weighted by Gasteiger charge is 2.10. The van der Waals surface area contributed by atoms with E-state index in [0.717, 1.165) is 12.0 Å². The number of hydrogen-bond acceptors (Lipinski definition) is 3. The third-order valence-electron chi connectivity index (χ3n) is 2.86. The van der Waals surface area contributed by atoms with Gasteiger partial charge in [0, 0.05) is 16.2 Å². The first kappa shape index (κ1) is 12.8. The number of aliphatic hydroxyl groups excluding tert-OH is 1. The second kappa shape index (κ2) is 5.81. The van der Waals surface area contributed by atoms with Crippen molar-refractivity contribution in [2.24, 2.45) is 0 Å². The van der Waals surface area contributed by atoms with Gasteiger partial charge in [0.1, 0.15) is 0 Å². The summed E-state index contributed by atoms with van der Waals surface area (Å²) in [5, 5.41) is 19.0. The monoisotopic (exact) mass is 257 g/mol. The zero-order chi connectivity index (χ0) is 13.0. The fourth-order valence-electron chi connectivity index (χ4n) is 1.85. The third kappa shape index (κ3) is 2.98. The van der Waals surface area contributed by atoms with Crippen LogP contribution in [0.3, 0.4) is 0 Å². The molecule has 0 aliphatic heterocycles. The Labute approximate surface area is 111 Å². The fraction of sp³-hybridized carbons (Fsp3) is 0.267. The van der Waals surface area contributed by atoms with Crippen LogP contribution < -0.4 is 0 Å². The Balaban J connectivity index is 2.11. The van der Waals surface area contributed by atoms with Crippen LogP contribution in [0.4, 0.5) is 0 Å². The normalized spacial score (nSPS) is 12.1. The summed E-state index contributed by atoms with van der Waals surface area (Å²) in [5.74, 6) is 0. The average Bonchev–Trinajstić information content (AvgIpc) is 2.86. The molecule has 0 aliphatic rings. The molecule has 92 valence electrons. The molecule has 1 heterocycles. The number of hydrogen-bond donors (Lipinski definition) is 1. The second-order valence-corrected chi connectivity index (χ2v) is 5.43. The smallest absolute Gasteiger partial charge is 0.0991 e. The summed E-state index contributed by atoms with van der Waals surface area (Å²) >= 11 is 1.74. The maximum absolute atomic E-state index is 10.2. The quantitative estimate of drug-likeness (QED) is 0.911. The van der Waals surface area contributed by atoms with E-state index in [1.165, 1.54) is 9.75 Å². The molecule has 2 nitrogen and oxygen atoms in total. The van der Waals surface area contributed by atoms with Crippen LogP contribution >= 0.6 is 11.3 Å². The predicted octanol–water partition coefficient (Wildman–Crippen LogP) is 3.46. The van der Waals surface area contributed by atoms with E-state index in [9.17, 15) is 5.11 Å². The van der Waals surface area contributed by atoms with Crippen LogP contribution in [0, 0.1) is 11.3 Å². The summed E-state index contributed by atoms with van der Waals surface area (Å²) < 4.78 is 0. The standard InChI is InChI=1S/C15H15NOS/c1-2-13-6-7-14(18-13)9-15(17)12-5-3-4-11(8-12)10-16/h3-8,15,17H,2,9H2,1H3. The van der Waals surface area contributed by atoms with Crippen molar-refractivity contribution in [3.05, 3.63) is 57.3 Å². The summed E-state index contributed by atoms with van der Waals surface area (Å²) in [4.78, 5) is 2.52. The summed E-state index contributed by atoms with van der Waals surface area (Å²) in [7, 11) is 0. The molecule has 0 aliphatic carbocycles. The Bertz CT molecular complexity index is 568. The SMILES string of the molecule is CCc1ccc(CC(O)c2cccc(C#N)c2)s1. The Hall–Kier alpha value is -1.63. The van der Waals surface area contributed by atoms with E-state index in [-0.39, 0.29) is 0 Å². The maximum atomic E-state index is 10.2. The van der Waals surface area contributed by atoms with Crippen molar-refractivity contribution in [1.82, 2.24) is 0 Å². The first-order chi connectivity index (χ1) is 8.72. The minimum Gasteiger partial charge on any atom is -0.388 e. The minimum atomic E-state index is -0.540. The number of rotatable bonds is 4. The van der Waals surface area contributed by atoms with E-state index in [2.05, 4.69) is 25.1 Å². The molecule has 3 heteroatoms. The molecule has 1 aromatic heterocycles. The molecule has 1 atom stereocenters. The van der Waals surface area contributed by atoms with E-state index in [0.29, 0.717) is 12.0 Å². The summed E-state index contributed by atoms with van der Waals surface area (Å²) in [6, 6.07) is 13.4. The van der Waals surface area contributed by atoms with Crippen molar-refractivity contribution in [2.45, 2.75) is 25.9 Å². The first-order valence-electron chi connectivity index (χ1n) is 5.98. The lowest BCUT2D eigenvalue weighted by molar-refractivity contribution is 0.179. The van der Waals surface area contributed by atoms with Gasteiger partial charge in [-0.2, -0.15) is 5.26 Å². The van der Waals surface area contributed by atoms with Gasteiger partial charge in [-0.3, -0.25) is 0 Å². The van der Waals surface area contributed by atoms with Crippen LogP contribution in [-0.2, 0) is 12.8 Å². The first-order valence-corrected chi connectivity index (χ1v) is 6.80. The lowest BCUT2D eigenvalue weighted by Crippen LogP contribution is -2.00. The zero-order valence-corrected chi connectivity index (χ0v) is 11.1. The molecule has 0 amide bonds. The van der Waals surface area contributed by atoms with Crippen molar-refractivity contribution in [3.63, 3.8) is 0 Å². The van der Waals surface area contributed by atoms with Crippen LogP contribution in [0.1, 0.15) is 33.9 Å². The predicted molar refractivity (Wildman–Crippen MR) is 73.5 cm³/mol. The van der Waals surface area contributed by atoms with E-state index < -0.39 is 6.10 Å². The molecule has 2 aromatic rings. The van der Waals surface area contributed by atoms with E-state index >= 15 is 0 Å². The van der Waals surface area contributed by atoms with Gasteiger partial charge in [-0.05, 0) is 36.2 Å². The Morgan fingerprint density at radius 2 is 2.06 bits per heavy atom. The van der Waals surface area contributed by atoms with E-state index in [1.807, 2.05) is 12.1 Å². The van der Waals surface area contributed by atoms with Gasteiger partial charge < -0.3 is 5.11 Å². The fourth-order valence-corrected chi connectivity index (χ4v) is 2.84. The zero-order valence-electron chi connectivity index (χ0n) is 10.3. The van der Waals surface area contributed by atoms with Gasteiger partial charge in [-0.25, -0.2) is 0 Å². The molecular formula is C15H15NOS. The van der Waals surface area contributed by atoms with Crippen LogP contribution in [0.5, 0.6) is 0 Å². The number of nitrogens with zero attached hydrogens (tertiary/aromatic N) is 1. The van der Waals surface area contributed by atoms with Crippen LogP contribution in [0.25, 0.3) is 0 Å². The molecule has 1 unspecified atom stereocenters. The van der Waals surface area contributed by atoms with Crippen molar-refractivity contribution in [2.75, 3.05) is 0 Å². The van der Waals surface area contributed by atoms with Gasteiger partial charge in [0.05, 0.1) is 17.7 Å². The Morgan fingerprint density at radius 3 is 2.72 bits per heavy atom. The highest BCUT2D eigenvalue weighted by Crippen LogP contribution is 2.24. The van der Waals surface area contributed by atoms with Gasteiger partial charge >= 0.3 is 0 Å². The molecule has 1 N–H and O–H groups in total. The summed E-state index contributed by atoms with van der Waals surface area (Å²) in [5.41, 5.74) is 1.40. The van der Waals surface area contributed by atoms with E-state index in [1.54, 1.807) is 23.5 Å². The summed E-state index contributed by atoms with van der Waals surface area (Å²) in [6.45, 7) is 2.13. The molecule has 1 aromatic carbocycles. The van der Waals surface area contributed by atoms with Gasteiger partial charge in [0.25, 0.3) is 0 Å². The van der Waals surface area contributed by atoms with Gasteiger partial charge in [0.2, 0.25) is 0 Å². The Morgan fingerprint density at radius 1 is 1.28 bits per heavy atom. The Kier molecular flexibility index (Phi) is 4.14. The molecule has 0 spiro atoms.